The summed E-state index contributed by atoms with van der Waals surface area (Å²) in [4.78, 5) is 25.6. The molecule has 0 unspecified atom stereocenters. The molecule has 0 amide bonds. The van der Waals surface area contributed by atoms with Crippen LogP contribution in [0.15, 0.2) is 0 Å². The fourth-order valence-electron chi connectivity index (χ4n) is 0. The topological polar surface area (TPSA) is 109 Å². The molecule has 0 aliphatic carbocycles. The van der Waals surface area contributed by atoms with Gasteiger partial charge in [-0.2, -0.15) is 7.82 Å². The number of rotatable bonds is 0. The monoisotopic (exact) mass is 324 g/mol. The summed E-state index contributed by atoms with van der Waals surface area (Å²) in [6.07, 6.45) is 0. The molecule has 0 saturated carbocycles. The van der Waals surface area contributed by atoms with Crippen LogP contribution in [0, 0.1) is 0 Å². The zero-order chi connectivity index (χ0) is 9.00. The molecule has 0 radical (unpaired) electrons. The smallest absolute Gasteiger partial charge is 0.850 e. The molecule has 0 aliphatic heterocycles. The molecule has 0 bridgehead atoms. The van der Waals surface area contributed by atoms with Crippen molar-refractivity contribution in [1.29, 1.82) is 0 Å². The van der Waals surface area contributed by atoms with Crippen molar-refractivity contribution in [3.8, 4) is 0 Å². The van der Waals surface area contributed by atoms with Crippen molar-refractivity contribution in [2.24, 2.45) is 0 Å². The Morgan fingerprint density at radius 1 is 0.857 bits per heavy atom. The Balaban J connectivity index is -0.0000000178. The van der Waals surface area contributed by atoms with Gasteiger partial charge in [0.25, 0.3) is 0 Å². The molecule has 0 aromatic rings. The average Bonchev–Trinajstić information content (AvgIpc) is 1.12. The molecule has 5 nitrogen and oxygen atoms in total. The second kappa shape index (κ2) is 19.6. The summed E-state index contributed by atoms with van der Waals surface area (Å²) in [5.74, 6) is 0. The maximum Gasteiger partial charge on any atom is 1.00 e. The molecule has 0 aromatic carbocycles. The molecular weight excluding hydrogens is 315 g/mol. The van der Waals surface area contributed by atoms with E-state index in [1.165, 1.54) is 0 Å². The van der Waals surface area contributed by atoms with Gasteiger partial charge >= 0.3 is 206 Å². The Morgan fingerprint density at radius 2 is 0.857 bits per heavy atom. The van der Waals surface area contributed by atoms with E-state index in [4.69, 9.17) is 19.2 Å². The van der Waals surface area contributed by atoms with Crippen molar-refractivity contribution >= 4 is 7.82 Å². The van der Waals surface area contributed by atoms with E-state index in [0.717, 1.165) is 0 Å². The van der Waals surface area contributed by atoms with Crippen LogP contribution >= 0.6 is 7.82 Å². The van der Waals surface area contributed by atoms with E-state index in [0.29, 0.717) is 0 Å². The minimum atomic E-state index is -5.39. The third-order valence-corrected chi connectivity index (χ3v) is 0. The average molecular weight is 324 g/mol. The van der Waals surface area contributed by atoms with Crippen LogP contribution in [0.4, 0.5) is 0 Å². The zero-order valence-electron chi connectivity index (χ0n) is 9.99. The Bertz CT molecular complexity index is 118. The van der Waals surface area contributed by atoms with E-state index in [-0.39, 0.29) is 206 Å². The number of hydrogen-bond donors (Lipinski definition) is 0. The third kappa shape index (κ3) is 132. The molecule has 14 heavy (non-hydrogen) atoms. The molecule has 0 heterocycles. The van der Waals surface area contributed by atoms with Gasteiger partial charge in [-0.15, -0.1) is 5.60 Å². The quantitative estimate of drug-likeness (QED) is 0.325. The summed E-state index contributed by atoms with van der Waals surface area (Å²) < 4.78 is 8.55. The van der Waals surface area contributed by atoms with Crippen LogP contribution in [-0.2, 0) is 4.57 Å². The van der Waals surface area contributed by atoms with Gasteiger partial charge in [0.1, 0.15) is 0 Å². The summed E-state index contributed by atoms with van der Waals surface area (Å²) in [7, 11) is -5.39. The normalized spacial score (nSPS) is 8.50. The summed E-state index contributed by atoms with van der Waals surface area (Å²) in [5.41, 5.74) is -0.750. The van der Waals surface area contributed by atoms with E-state index in [1.54, 1.807) is 20.8 Å². The van der Waals surface area contributed by atoms with Gasteiger partial charge in [0.2, 0.25) is 0 Å². The molecule has 0 rings (SSSR count). The Hall–Kier alpha value is 6.62. The van der Waals surface area contributed by atoms with E-state index in [2.05, 4.69) is 0 Å². The first-order valence-electron chi connectivity index (χ1n) is 2.43. The first-order valence-corrected chi connectivity index (χ1v) is 3.90. The predicted molar refractivity (Wildman–Crippen MR) is 27.4 cm³/mol. The van der Waals surface area contributed by atoms with Gasteiger partial charge in [-0.3, -0.25) is 0 Å². The molecule has 64 valence electrons. The Labute approximate surface area is 255 Å². The SMILES string of the molecule is CC(C)(C)[O-].O=P([O-])([O-])[O-].[K+].[K+].[K+].[K+]. The van der Waals surface area contributed by atoms with E-state index in [9.17, 15) is 5.11 Å². The molecule has 0 atom stereocenters. The number of hydrogen-bond acceptors (Lipinski definition) is 5. The Kier molecular flexibility index (Phi) is 52.0. The van der Waals surface area contributed by atoms with Gasteiger partial charge < -0.3 is 24.4 Å². The van der Waals surface area contributed by atoms with Gasteiger partial charge in [-0.05, 0) is 0 Å². The van der Waals surface area contributed by atoms with E-state index < -0.39 is 13.4 Å². The van der Waals surface area contributed by atoms with Crippen molar-refractivity contribution in [1.82, 2.24) is 0 Å². The first-order chi connectivity index (χ1) is 4.00. The summed E-state index contributed by atoms with van der Waals surface area (Å²) in [6, 6.07) is 0. The van der Waals surface area contributed by atoms with Crippen LogP contribution in [0.1, 0.15) is 20.8 Å². The maximum atomic E-state index is 10.1. The second-order valence-corrected chi connectivity index (χ2v) is 3.45. The van der Waals surface area contributed by atoms with Gasteiger partial charge in [0, 0.05) is 0 Å². The van der Waals surface area contributed by atoms with Crippen molar-refractivity contribution < 1.29 is 230 Å². The minimum absolute atomic E-state index is 0. The molecule has 0 fully saturated rings. The van der Waals surface area contributed by atoms with Crippen LogP contribution < -0.4 is 225 Å². The van der Waals surface area contributed by atoms with Crippen molar-refractivity contribution in [2.45, 2.75) is 26.4 Å². The van der Waals surface area contributed by atoms with Crippen molar-refractivity contribution in [3.05, 3.63) is 0 Å². The van der Waals surface area contributed by atoms with E-state index >= 15 is 0 Å². The Morgan fingerprint density at radius 3 is 0.857 bits per heavy atom. The molecular formula is C4H9K4O5P. The predicted octanol–water partition coefficient (Wildman–Crippen LogP) is -14.7. The summed E-state index contributed by atoms with van der Waals surface area (Å²) in [5, 5.41) is 10.1. The van der Waals surface area contributed by atoms with Crippen molar-refractivity contribution in [3.63, 3.8) is 0 Å². The summed E-state index contributed by atoms with van der Waals surface area (Å²) >= 11 is 0. The fraction of sp³-hybridized carbons (Fsp3) is 1.00. The standard InChI is InChI=1S/C4H9O.4K.H3O4P/c1-4(2,3)5;;;;;1-5(2,3)4/h1-3H3;;;;;(H3,1,2,3,4)/q-1;4*+1;/p-3. The van der Waals surface area contributed by atoms with Gasteiger partial charge in [0.15, 0.2) is 0 Å². The largest absolute Gasteiger partial charge is 1.00 e. The third-order valence-electron chi connectivity index (χ3n) is 0. The fourth-order valence-corrected chi connectivity index (χ4v) is 0. The molecule has 0 aliphatic rings. The van der Waals surface area contributed by atoms with Crippen LogP contribution in [0.25, 0.3) is 0 Å². The molecule has 0 aromatic heterocycles. The minimum Gasteiger partial charge on any atom is -0.850 e. The molecule has 0 saturated heterocycles. The molecule has 0 spiro atoms. The van der Waals surface area contributed by atoms with Gasteiger partial charge in [-0.1, -0.05) is 20.8 Å². The molecule has 10 heteroatoms. The van der Waals surface area contributed by atoms with Crippen LogP contribution in [-0.4, -0.2) is 5.60 Å². The van der Waals surface area contributed by atoms with Crippen LogP contribution in [0.3, 0.4) is 0 Å². The van der Waals surface area contributed by atoms with Gasteiger partial charge in [-0.25, -0.2) is 0 Å². The van der Waals surface area contributed by atoms with Crippen LogP contribution in [0.2, 0.25) is 0 Å². The van der Waals surface area contributed by atoms with Crippen LogP contribution in [0.5, 0.6) is 0 Å². The maximum absolute atomic E-state index is 10.1. The first kappa shape index (κ1) is 37.1. The van der Waals surface area contributed by atoms with Gasteiger partial charge in [0.05, 0.1) is 0 Å². The van der Waals surface area contributed by atoms with Crippen molar-refractivity contribution in [2.75, 3.05) is 0 Å². The summed E-state index contributed by atoms with van der Waals surface area (Å²) in [6.45, 7) is 4.90. The number of phosphoric acid groups is 1. The van der Waals surface area contributed by atoms with E-state index in [1.807, 2.05) is 0 Å². The molecule has 0 N–H and O–H groups in total. The zero-order valence-corrected chi connectivity index (χ0v) is 23.4. The second-order valence-electron chi connectivity index (χ2n) is 2.56.